The predicted molar refractivity (Wildman–Crippen MR) is 109 cm³/mol. The quantitative estimate of drug-likeness (QED) is 0.534. The Balaban J connectivity index is 1.52. The lowest BCUT2D eigenvalue weighted by Crippen LogP contribution is -2.50. The van der Waals surface area contributed by atoms with Gasteiger partial charge in [-0.3, -0.25) is 4.79 Å². The van der Waals surface area contributed by atoms with E-state index in [1.54, 1.807) is 0 Å². The highest BCUT2D eigenvalue weighted by Gasteiger charge is 2.61. The second kappa shape index (κ2) is 6.63. The zero-order valence-electron chi connectivity index (χ0n) is 18.0. The first-order valence-corrected chi connectivity index (χ1v) is 11.8. The third kappa shape index (κ3) is 2.82. The molecule has 0 aromatic rings. The number of hydrogen-bond donors (Lipinski definition) is 0. The van der Waals surface area contributed by atoms with Crippen LogP contribution in [0.15, 0.2) is 0 Å². The van der Waals surface area contributed by atoms with Gasteiger partial charge in [0.15, 0.2) is 0 Å². The molecular weight excluding hydrogens is 316 g/mol. The van der Waals surface area contributed by atoms with E-state index in [9.17, 15) is 4.79 Å². The van der Waals surface area contributed by atoms with Gasteiger partial charge in [0.05, 0.1) is 0 Å². The fourth-order valence-corrected chi connectivity index (χ4v) is 8.69. The summed E-state index contributed by atoms with van der Waals surface area (Å²) in [5, 5.41) is 0. The molecule has 0 aromatic heterocycles. The van der Waals surface area contributed by atoms with E-state index in [0.717, 1.165) is 48.3 Å². The summed E-state index contributed by atoms with van der Waals surface area (Å²) in [5.41, 5.74) is 0.937. The van der Waals surface area contributed by atoms with Crippen LogP contribution in [0.2, 0.25) is 0 Å². The summed E-state index contributed by atoms with van der Waals surface area (Å²) in [4.78, 5) is 12.2. The molecule has 0 saturated heterocycles. The monoisotopic (exact) mass is 358 g/mol. The molecule has 4 rings (SSSR count). The van der Waals surface area contributed by atoms with Gasteiger partial charge in [0, 0.05) is 12.8 Å². The first kappa shape index (κ1) is 19.0. The molecule has 0 bridgehead atoms. The lowest BCUT2D eigenvalue weighted by molar-refractivity contribution is -0.119. The summed E-state index contributed by atoms with van der Waals surface area (Å²) < 4.78 is 0. The van der Waals surface area contributed by atoms with E-state index in [-0.39, 0.29) is 0 Å². The maximum atomic E-state index is 12.2. The standard InChI is InChI=1S/C25H42O/c1-16(2)6-7-17(3)21-10-11-22-20-9-8-18-14-19(26)15-25(18,5)23(20)12-13-24(21,22)4/h16-18,20-23H,6-15H2,1-5H3/t17-,18+,20-,21-,22+,23-,24-,25+/m1/s1. The SMILES string of the molecule is CC(C)CC[C@@H](C)[C@H]1CC[C@H]2[C@H]3CC[C@H]4CC(=O)C[C@]4(C)[C@@H]3CC[C@]12C. The third-order valence-electron chi connectivity index (χ3n) is 10.1. The van der Waals surface area contributed by atoms with Crippen LogP contribution >= 0.6 is 0 Å². The van der Waals surface area contributed by atoms with Crippen molar-refractivity contribution in [3.05, 3.63) is 0 Å². The molecule has 148 valence electrons. The van der Waals surface area contributed by atoms with E-state index >= 15 is 0 Å². The number of fused-ring (bicyclic) bond motifs is 5. The molecule has 4 saturated carbocycles. The number of rotatable bonds is 4. The number of Topliss-reactive ketones (excluding diaryl/α,β-unsaturated/α-hetero) is 1. The van der Waals surface area contributed by atoms with E-state index in [1.165, 1.54) is 51.4 Å². The molecule has 0 aromatic carbocycles. The molecule has 26 heavy (non-hydrogen) atoms. The van der Waals surface area contributed by atoms with Crippen LogP contribution in [0.1, 0.15) is 98.8 Å². The number of carbonyl (C=O) groups is 1. The van der Waals surface area contributed by atoms with Crippen molar-refractivity contribution >= 4 is 5.78 Å². The van der Waals surface area contributed by atoms with Gasteiger partial charge in [0.2, 0.25) is 0 Å². The Labute approximate surface area is 162 Å². The van der Waals surface area contributed by atoms with Crippen molar-refractivity contribution in [3.63, 3.8) is 0 Å². The Bertz CT molecular complexity index is 550. The average Bonchev–Trinajstić information content (AvgIpc) is 3.07. The van der Waals surface area contributed by atoms with Crippen LogP contribution in [0.3, 0.4) is 0 Å². The smallest absolute Gasteiger partial charge is 0.133 e. The van der Waals surface area contributed by atoms with Crippen molar-refractivity contribution in [2.24, 2.45) is 52.3 Å². The van der Waals surface area contributed by atoms with E-state index in [4.69, 9.17) is 0 Å². The van der Waals surface area contributed by atoms with Gasteiger partial charge in [0.1, 0.15) is 5.78 Å². The first-order chi connectivity index (χ1) is 12.3. The van der Waals surface area contributed by atoms with Crippen LogP contribution in [0.4, 0.5) is 0 Å². The van der Waals surface area contributed by atoms with Crippen LogP contribution in [-0.2, 0) is 4.79 Å². The zero-order chi connectivity index (χ0) is 18.7. The van der Waals surface area contributed by atoms with Gasteiger partial charge in [-0.05, 0) is 90.8 Å². The molecule has 0 amide bonds. The van der Waals surface area contributed by atoms with Crippen LogP contribution in [0.25, 0.3) is 0 Å². The summed E-state index contributed by atoms with van der Waals surface area (Å²) in [6.07, 6.45) is 13.2. The van der Waals surface area contributed by atoms with E-state index in [0.29, 0.717) is 22.5 Å². The molecule has 4 fully saturated rings. The molecule has 1 heteroatoms. The Morgan fingerprint density at radius 2 is 1.65 bits per heavy atom. The molecule has 1 nitrogen and oxygen atoms in total. The average molecular weight is 359 g/mol. The van der Waals surface area contributed by atoms with Crippen molar-refractivity contribution in [1.82, 2.24) is 0 Å². The molecule has 4 aliphatic rings. The Morgan fingerprint density at radius 1 is 0.923 bits per heavy atom. The van der Waals surface area contributed by atoms with Crippen molar-refractivity contribution < 1.29 is 4.79 Å². The van der Waals surface area contributed by atoms with Crippen molar-refractivity contribution in [2.75, 3.05) is 0 Å². The maximum absolute atomic E-state index is 12.2. The van der Waals surface area contributed by atoms with Gasteiger partial charge in [-0.1, -0.05) is 47.5 Å². The lowest BCUT2D eigenvalue weighted by Gasteiger charge is -2.58. The highest BCUT2D eigenvalue weighted by Crippen LogP contribution is 2.68. The van der Waals surface area contributed by atoms with E-state index < -0.39 is 0 Å². The van der Waals surface area contributed by atoms with Crippen molar-refractivity contribution in [1.29, 1.82) is 0 Å². The van der Waals surface area contributed by atoms with Gasteiger partial charge in [0.25, 0.3) is 0 Å². The van der Waals surface area contributed by atoms with Crippen LogP contribution in [-0.4, -0.2) is 5.78 Å². The van der Waals surface area contributed by atoms with Crippen molar-refractivity contribution in [3.8, 4) is 0 Å². The second-order valence-electron chi connectivity index (χ2n) is 11.8. The number of carbonyl (C=O) groups excluding carboxylic acids is 1. The van der Waals surface area contributed by atoms with Gasteiger partial charge < -0.3 is 0 Å². The summed E-state index contributed by atoms with van der Waals surface area (Å²) in [6.45, 7) is 12.5. The lowest BCUT2D eigenvalue weighted by atomic mass is 9.47. The highest BCUT2D eigenvalue weighted by molar-refractivity contribution is 5.82. The van der Waals surface area contributed by atoms with Gasteiger partial charge in [-0.15, -0.1) is 0 Å². The molecule has 4 aliphatic carbocycles. The number of ketones is 1. The van der Waals surface area contributed by atoms with Crippen LogP contribution in [0.5, 0.6) is 0 Å². The van der Waals surface area contributed by atoms with E-state index in [1.807, 2.05) is 0 Å². The molecule has 0 unspecified atom stereocenters. The minimum absolute atomic E-state index is 0.350. The van der Waals surface area contributed by atoms with Crippen LogP contribution < -0.4 is 0 Å². The van der Waals surface area contributed by atoms with Gasteiger partial charge in [-0.25, -0.2) is 0 Å². The second-order valence-corrected chi connectivity index (χ2v) is 11.8. The Morgan fingerprint density at radius 3 is 2.38 bits per heavy atom. The normalized spacial score (nSPS) is 49.0. The number of hydrogen-bond acceptors (Lipinski definition) is 1. The molecular formula is C25H42O. The molecule has 8 atom stereocenters. The minimum Gasteiger partial charge on any atom is -0.300 e. The molecule has 0 spiro atoms. The predicted octanol–water partition coefficient (Wildman–Crippen LogP) is 6.90. The fourth-order valence-electron chi connectivity index (χ4n) is 8.69. The van der Waals surface area contributed by atoms with Crippen LogP contribution in [0, 0.1) is 52.3 Å². The molecule has 0 heterocycles. The summed E-state index contributed by atoms with van der Waals surface area (Å²) >= 11 is 0. The highest BCUT2D eigenvalue weighted by atomic mass is 16.1. The fraction of sp³-hybridized carbons (Fsp3) is 0.960. The first-order valence-electron chi connectivity index (χ1n) is 11.8. The maximum Gasteiger partial charge on any atom is 0.133 e. The van der Waals surface area contributed by atoms with Crippen molar-refractivity contribution in [2.45, 2.75) is 98.8 Å². The third-order valence-corrected chi connectivity index (χ3v) is 10.1. The summed E-state index contributed by atoms with van der Waals surface area (Å²) in [5.74, 6) is 6.67. The Hall–Kier alpha value is -0.330. The molecule has 0 aliphatic heterocycles. The zero-order valence-corrected chi connectivity index (χ0v) is 18.0. The topological polar surface area (TPSA) is 17.1 Å². The minimum atomic E-state index is 0.350. The summed E-state index contributed by atoms with van der Waals surface area (Å²) in [7, 11) is 0. The Kier molecular flexibility index (Phi) is 4.84. The summed E-state index contributed by atoms with van der Waals surface area (Å²) in [6, 6.07) is 0. The van der Waals surface area contributed by atoms with E-state index in [2.05, 4.69) is 34.6 Å². The molecule has 0 radical (unpaired) electrons. The largest absolute Gasteiger partial charge is 0.300 e. The van der Waals surface area contributed by atoms with Gasteiger partial charge in [-0.2, -0.15) is 0 Å². The molecule has 0 N–H and O–H groups in total. The van der Waals surface area contributed by atoms with Gasteiger partial charge >= 0.3 is 0 Å².